The van der Waals surface area contributed by atoms with Gasteiger partial charge in [-0.1, -0.05) is 11.6 Å². The average molecular weight is 498 g/mol. The standard InChI is InChI=1S/C26H31N3O5S/c1-16-10-11-17-19(15-16)26(33)29(25(17)32)13-5-9-21(30)28-24-22(23(31)27-12-6-14-34-2)18-7-3-4-8-20(18)35-24/h10-11,15H,3-9,12-14H2,1-2H3,(H,27,31)(H,28,30). The van der Waals surface area contributed by atoms with Crippen LogP contribution in [0.3, 0.4) is 0 Å². The summed E-state index contributed by atoms with van der Waals surface area (Å²) in [5.74, 6) is -1.03. The lowest BCUT2D eigenvalue weighted by atomic mass is 9.95. The highest BCUT2D eigenvalue weighted by Gasteiger charge is 2.35. The van der Waals surface area contributed by atoms with Crippen molar-refractivity contribution >= 4 is 40.0 Å². The molecule has 8 nitrogen and oxygen atoms in total. The van der Waals surface area contributed by atoms with Gasteiger partial charge in [0.15, 0.2) is 0 Å². The van der Waals surface area contributed by atoms with E-state index in [1.54, 1.807) is 19.2 Å². The topological polar surface area (TPSA) is 105 Å². The number of benzene rings is 1. The number of methoxy groups -OCH3 is 1. The zero-order valence-corrected chi connectivity index (χ0v) is 21.0. The largest absolute Gasteiger partial charge is 0.385 e. The molecule has 186 valence electrons. The normalized spacial score (nSPS) is 14.6. The Kier molecular flexibility index (Phi) is 7.97. The summed E-state index contributed by atoms with van der Waals surface area (Å²) in [4.78, 5) is 53.3. The lowest BCUT2D eigenvalue weighted by Gasteiger charge is -2.14. The van der Waals surface area contributed by atoms with Crippen molar-refractivity contribution in [2.24, 2.45) is 0 Å². The molecule has 1 aliphatic heterocycles. The van der Waals surface area contributed by atoms with Gasteiger partial charge in [-0.05, 0) is 63.1 Å². The van der Waals surface area contributed by atoms with Crippen molar-refractivity contribution in [3.8, 4) is 0 Å². The summed E-state index contributed by atoms with van der Waals surface area (Å²) in [6, 6.07) is 5.22. The van der Waals surface area contributed by atoms with Gasteiger partial charge in [-0.15, -0.1) is 11.3 Å². The van der Waals surface area contributed by atoms with Gasteiger partial charge in [0, 0.05) is 38.1 Å². The fraction of sp³-hybridized carbons (Fsp3) is 0.462. The van der Waals surface area contributed by atoms with Crippen LogP contribution in [0, 0.1) is 6.92 Å². The van der Waals surface area contributed by atoms with E-state index in [0.29, 0.717) is 47.7 Å². The molecule has 0 saturated heterocycles. The highest BCUT2D eigenvalue weighted by molar-refractivity contribution is 7.17. The summed E-state index contributed by atoms with van der Waals surface area (Å²) >= 11 is 1.48. The van der Waals surface area contributed by atoms with Crippen molar-refractivity contribution in [1.29, 1.82) is 0 Å². The first-order chi connectivity index (χ1) is 16.9. The summed E-state index contributed by atoms with van der Waals surface area (Å²) < 4.78 is 5.04. The maximum atomic E-state index is 13.0. The van der Waals surface area contributed by atoms with Crippen LogP contribution in [0.25, 0.3) is 0 Å². The van der Waals surface area contributed by atoms with E-state index in [9.17, 15) is 19.2 Å². The summed E-state index contributed by atoms with van der Waals surface area (Å²) in [6.45, 7) is 3.12. The number of hydrogen-bond acceptors (Lipinski definition) is 6. The maximum absolute atomic E-state index is 13.0. The number of hydrogen-bond donors (Lipinski definition) is 2. The molecule has 4 amide bonds. The molecular weight excluding hydrogens is 466 g/mol. The molecule has 0 radical (unpaired) electrons. The number of fused-ring (bicyclic) bond motifs is 2. The Hall–Kier alpha value is -3.04. The number of nitrogens with one attached hydrogen (secondary N) is 2. The van der Waals surface area contributed by atoms with Gasteiger partial charge in [-0.2, -0.15) is 0 Å². The van der Waals surface area contributed by atoms with E-state index in [1.165, 1.54) is 16.2 Å². The molecule has 0 fully saturated rings. The van der Waals surface area contributed by atoms with Crippen molar-refractivity contribution in [1.82, 2.24) is 10.2 Å². The maximum Gasteiger partial charge on any atom is 0.261 e. The highest BCUT2D eigenvalue weighted by atomic mass is 32.1. The molecule has 0 unspecified atom stereocenters. The van der Waals surface area contributed by atoms with Crippen LogP contribution in [0.4, 0.5) is 5.00 Å². The number of amides is 4. The van der Waals surface area contributed by atoms with Gasteiger partial charge in [-0.25, -0.2) is 0 Å². The lowest BCUT2D eigenvalue weighted by molar-refractivity contribution is -0.116. The molecule has 0 atom stereocenters. The molecule has 35 heavy (non-hydrogen) atoms. The smallest absolute Gasteiger partial charge is 0.261 e. The van der Waals surface area contributed by atoms with Gasteiger partial charge in [0.05, 0.1) is 16.7 Å². The fourth-order valence-electron chi connectivity index (χ4n) is 4.60. The van der Waals surface area contributed by atoms with E-state index in [4.69, 9.17) is 4.74 Å². The highest BCUT2D eigenvalue weighted by Crippen LogP contribution is 2.38. The Morgan fingerprint density at radius 1 is 1.09 bits per heavy atom. The van der Waals surface area contributed by atoms with E-state index in [1.807, 2.05) is 13.0 Å². The third-order valence-electron chi connectivity index (χ3n) is 6.37. The monoisotopic (exact) mass is 497 g/mol. The van der Waals surface area contributed by atoms with Gasteiger partial charge in [0.25, 0.3) is 17.7 Å². The lowest BCUT2D eigenvalue weighted by Crippen LogP contribution is -2.31. The number of carbonyl (C=O) groups excluding carboxylic acids is 4. The molecule has 1 aromatic heterocycles. The number of anilines is 1. The van der Waals surface area contributed by atoms with Crippen molar-refractivity contribution in [2.75, 3.05) is 32.1 Å². The van der Waals surface area contributed by atoms with Crippen LogP contribution in [0.1, 0.15) is 79.2 Å². The van der Waals surface area contributed by atoms with Crippen LogP contribution in [-0.4, -0.2) is 55.3 Å². The van der Waals surface area contributed by atoms with Crippen LogP contribution in [0.5, 0.6) is 0 Å². The summed E-state index contributed by atoms with van der Waals surface area (Å²) in [5, 5.41) is 6.45. The van der Waals surface area contributed by atoms with E-state index in [-0.39, 0.29) is 36.6 Å². The van der Waals surface area contributed by atoms with Gasteiger partial charge < -0.3 is 15.4 Å². The third kappa shape index (κ3) is 5.46. The number of aryl methyl sites for hydroxylation is 2. The van der Waals surface area contributed by atoms with Gasteiger partial charge >= 0.3 is 0 Å². The first-order valence-corrected chi connectivity index (χ1v) is 12.9. The molecule has 9 heteroatoms. The Bertz CT molecular complexity index is 1160. The molecule has 0 bridgehead atoms. The first kappa shape index (κ1) is 25.1. The molecule has 2 heterocycles. The number of ether oxygens (including phenoxy) is 1. The van der Waals surface area contributed by atoms with Crippen LogP contribution in [-0.2, 0) is 22.4 Å². The van der Waals surface area contributed by atoms with Gasteiger partial charge in [0.2, 0.25) is 5.91 Å². The summed E-state index contributed by atoms with van der Waals surface area (Å²) in [5.41, 5.74) is 3.37. The molecule has 0 saturated carbocycles. The minimum absolute atomic E-state index is 0.143. The quantitative estimate of drug-likeness (QED) is 0.385. The molecule has 4 rings (SSSR count). The molecule has 0 spiro atoms. The summed E-state index contributed by atoms with van der Waals surface area (Å²) in [7, 11) is 1.63. The minimum Gasteiger partial charge on any atom is -0.385 e. The SMILES string of the molecule is COCCCNC(=O)c1c(NC(=O)CCCN2C(=O)c3ccc(C)cc3C2=O)sc2c1CCCC2. The van der Waals surface area contributed by atoms with E-state index in [0.717, 1.165) is 41.7 Å². The second kappa shape index (κ2) is 11.1. The second-order valence-electron chi connectivity index (χ2n) is 8.98. The first-order valence-electron chi connectivity index (χ1n) is 12.1. The molecule has 2 aliphatic rings. The molecule has 1 aliphatic carbocycles. The average Bonchev–Trinajstić information content (AvgIpc) is 3.31. The van der Waals surface area contributed by atoms with Crippen LogP contribution in [0.2, 0.25) is 0 Å². The Balaban J connectivity index is 1.37. The number of imide groups is 1. The Labute approximate surface area is 209 Å². The number of carbonyl (C=O) groups is 4. The number of thiophene rings is 1. The van der Waals surface area contributed by atoms with Gasteiger partial charge in [0.1, 0.15) is 5.00 Å². The second-order valence-corrected chi connectivity index (χ2v) is 10.1. The van der Waals surface area contributed by atoms with Crippen LogP contribution >= 0.6 is 11.3 Å². The minimum atomic E-state index is -0.316. The number of rotatable bonds is 10. The Morgan fingerprint density at radius 3 is 2.66 bits per heavy atom. The molecule has 2 N–H and O–H groups in total. The zero-order valence-electron chi connectivity index (χ0n) is 20.2. The zero-order chi connectivity index (χ0) is 24.9. The van der Waals surface area contributed by atoms with Gasteiger partial charge in [-0.3, -0.25) is 24.1 Å². The van der Waals surface area contributed by atoms with Crippen molar-refractivity contribution in [2.45, 2.75) is 51.9 Å². The third-order valence-corrected chi connectivity index (χ3v) is 7.58. The number of nitrogens with zero attached hydrogens (tertiary/aromatic N) is 1. The van der Waals surface area contributed by atoms with E-state index >= 15 is 0 Å². The van der Waals surface area contributed by atoms with Crippen LogP contribution < -0.4 is 10.6 Å². The molecular formula is C26H31N3O5S. The van der Waals surface area contributed by atoms with Crippen molar-refractivity contribution in [3.63, 3.8) is 0 Å². The van der Waals surface area contributed by atoms with Crippen molar-refractivity contribution in [3.05, 3.63) is 50.9 Å². The van der Waals surface area contributed by atoms with E-state index in [2.05, 4.69) is 10.6 Å². The van der Waals surface area contributed by atoms with Crippen LogP contribution in [0.15, 0.2) is 18.2 Å². The van der Waals surface area contributed by atoms with E-state index < -0.39 is 0 Å². The van der Waals surface area contributed by atoms with Crippen molar-refractivity contribution < 1.29 is 23.9 Å². The summed E-state index contributed by atoms with van der Waals surface area (Å²) in [6.07, 6.45) is 5.06. The molecule has 1 aromatic carbocycles. The molecule has 2 aromatic rings. The predicted molar refractivity (Wildman–Crippen MR) is 134 cm³/mol. The predicted octanol–water partition coefficient (Wildman–Crippen LogP) is 3.72. The fourth-order valence-corrected chi connectivity index (χ4v) is 5.90. The Morgan fingerprint density at radius 2 is 1.86 bits per heavy atom.